The second-order valence-corrected chi connectivity index (χ2v) is 6.02. The molecule has 0 fully saturated rings. The summed E-state index contributed by atoms with van der Waals surface area (Å²) in [5.74, 6) is -0.701. The summed E-state index contributed by atoms with van der Waals surface area (Å²) >= 11 is 0. The number of aromatic nitrogens is 3. The van der Waals surface area contributed by atoms with E-state index < -0.39 is 11.6 Å². The van der Waals surface area contributed by atoms with Gasteiger partial charge in [0.1, 0.15) is 23.1 Å². The Balaban J connectivity index is 1.42. The van der Waals surface area contributed by atoms with E-state index in [-0.39, 0.29) is 11.6 Å². The maximum atomic E-state index is 13.7. The fraction of sp³-hybridized carbons (Fsp3) is 0.100. The van der Waals surface area contributed by atoms with Crippen LogP contribution in [0.15, 0.2) is 60.9 Å². The van der Waals surface area contributed by atoms with Gasteiger partial charge in [-0.05, 0) is 36.2 Å². The number of halogens is 2. The van der Waals surface area contributed by atoms with E-state index >= 15 is 0 Å². The SMILES string of the molecule is Fc1cccc(F)c1Nc1nccc(NCCc2c[nH]c3ccccc23)n1. The van der Waals surface area contributed by atoms with Crippen molar-refractivity contribution in [1.82, 2.24) is 15.0 Å². The number of nitrogens with one attached hydrogen (secondary N) is 3. The van der Waals surface area contributed by atoms with Gasteiger partial charge in [-0.1, -0.05) is 24.3 Å². The minimum Gasteiger partial charge on any atom is -0.370 e. The lowest BCUT2D eigenvalue weighted by Gasteiger charge is -2.09. The van der Waals surface area contributed by atoms with Gasteiger partial charge in [0.05, 0.1) is 0 Å². The van der Waals surface area contributed by atoms with Crippen molar-refractivity contribution in [2.24, 2.45) is 0 Å². The third-order valence-corrected chi connectivity index (χ3v) is 4.23. The zero-order valence-electron chi connectivity index (χ0n) is 14.3. The van der Waals surface area contributed by atoms with Gasteiger partial charge < -0.3 is 15.6 Å². The van der Waals surface area contributed by atoms with E-state index in [1.54, 1.807) is 6.07 Å². The Morgan fingerprint density at radius 2 is 1.78 bits per heavy atom. The van der Waals surface area contributed by atoms with Crippen molar-refractivity contribution < 1.29 is 8.78 Å². The molecule has 0 aliphatic carbocycles. The molecule has 2 heterocycles. The van der Waals surface area contributed by atoms with Crippen LogP contribution in [0, 0.1) is 11.6 Å². The minimum absolute atomic E-state index is 0.121. The topological polar surface area (TPSA) is 65.6 Å². The summed E-state index contributed by atoms with van der Waals surface area (Å²) in [6, 6.07) is 13.5. The van der Waals surface area contributed by atoms with Crippen LogP contribution >= 0.6 is 0 Å². The molecule has 0 atom stereocenters. The highest BCUT2D eigenvalue weighted by atomic mass is 19.1. The quantitative estimate of drug-likeness (QED) is 0.466. The number of para-hydroxylation sites is 2. The first-order chi connectivity index (χ1) is 13.2. The lowest BCUT2D eigenvalue weighted by molar-refractivity contribution is 0.590. The fourth-order valence-electron chi connectivity index (χ4n) is 2.91. The summed E-state index contributed by atoms with van der Waals surface area (Å²) in [5.41, 5.74) is 2.04. The number of nitrogens with zero attached hydrogens (tertiary/aromatic N) is 2. The van der Waals surface area contributed by atoms with Crippen molar-refractivity contribution in [3.05, 3.63) is 78.1 Å². The number of fused-ring (bicyclic) bond motifs is 1. The zero-order chi connectivity index (χ0) is 18.6. The maximum absolute atomic E-state index is 13.7. The molecular formula is C20H17F2N5. The van der Waals surface area contributed by atoms with Crippen LogP contribution in [0.25, 0.3) is 10.9 Å². The van der Waals surface area contributed by atoms with E-state index in [0.717, 1.165) is 11.9 Å². The summed E-state index contributed by atoms with van der Waals surface area (Å²) < 4.78 is 27.5. The second kappa shape index (κ2) is 7.41. The van der Waals surface area contributed by atoms with Crippen LogP contribution < -0.4 is 10.6 Å². The molecule has 0 aliphatic heterocycles. The van der Waals surface area contributed by atoms with E-state index in [0.29, 0.717) is 12.4 Å². The third-order valence-electron chi connectivity index (χ3n) is 4.23. The van der Waals surface area contributed by atoms with Gasteiger partial charge in [-0.2, -0.15) is 4.98 Å². The second-order valence-electron chi connectivity index (χ2n) is 6.02. The lowest BCUT2D eigenvalue weighted by Crippen LogP contribution is -2.08. The molecule has 4 aromatic rings. The predicted octanol–water partition coefficient (Wildman–Crippen LogP) is 4.63. The van der Waals surface area contributed by atoms with Crippen molar-refractivity contribution >= 4 is 28.4 Å². The van der Waals surface area contributed by atoms with Gasteiger partial charge in [0, 0.05) is 29.8 Å². The highest BCUT2D eigenvalue weighted by Crippen LogP contribution is 2.22. The number of benzene rings is 2. The molecule has 0 bridgehead atoms. The molecule has 0 aliphatic rings. The van der Waals surface area contributed by atoms with Crippen LogP contribution in [0.2, 0.25) is 0 Å². The Morgan fingerprint density at radius 1 is 0.963 bits per heavy atom. The Morgan fingerprint density at radius 3 is 2.63 bits per heavy atom. The van der Waals surface area contributed by atoms with E-state index in [1.165, 1.54) is 35.3 Å². The Kier molecular flexibility index (Phi) is 4.65. The predicted molar refractivity (Wildman–Crippen MR) is 102 cm³/mol. The third kappa shape index (κ3) is 3.72. The smallest absolute Gasteiger partial charge is 0.229 e. The number of rotatable bonds is 6. The number of aromatic amines is 1. The molecule has 0 saturated carbocycles. The van der Waals surface area contributed by atoms with Crippen molar-refractivity contribution in [2.75, 3.05) is 17.2 Å². The van der Waals surface area contributed by atoms with Gasteiger partial charge in [0.15, 0.2) is 0 Å². The molecule has 0 saturated heterocycles. The minimum atomic E-state index is -0.698. The monoisotopic (exact) mass is 365 g/mol. The molecule has 136 valence electrons. The summed E-state index contributed by atoms with van der Waals surface area (Å²) in [6.07, 6.45) is 4.33. The van der Waals surface area contributed by atoms with Crippen LogP contribution in [0.3, 0.4) is 0 Å². The van der Waals surface area contributed by atoms with E-state index in [9.17, 15) is 8.78 Å². The summed E-state index contributed by atoms with van der Waals surface area (Å²) in [5, 5.41) is 7.00. The number of anilines is 3. The standard InChI is InChI=1S/C20H17F2N5/c21-15-5-3-6-16(22)19(15)27-20-24-11-9-18(26-20)23-10-8-13-12-25-17-7-2-1-4-14(13)17/h1-7,9,11-12,25H,8,10H2,(H2,23,24,26,27). The average molecular weight is 365 g/mol. The molecule has 0 spiro atoms. The van der Waals surface area contributed by atoms with Crippen LogP contribution in [0.4, 0.5) is 26.2 Å². The molecule has 0 amide bonds. The highest BCUT2D eigenvalue weighted by molar-refractivity contribution is 5.83. The Bertz CT molecular complexity index is 1060. The molecule has 5 nitrogen and oxygen atoms in total. The van der Waals surface area contributed by atoms with Crippen molar-refractivity contribution in [1.29, 1.82) is 0 Å². The molecule has 0 radical (unpaired) electrons. The molecule has 3 N–H and O–H groups in total. The van der Waals surface area contributed by atoms with Gasteiger partial charge in [-0.15, -0.1) is 0 Å². The summed E-state index contributed by atoms with van der Waals surface area (Å²) in [4.78, 5) is 11.5. The molecule has 2 aromatic carbocycles. The molecule has 7 heteroatoms. The van der Waals surface area contributed by atoms with Crippen LogP contribution in [0.5, 0.6) is 0 Å². The first-order valence-electron chi connectivity index (χ1n) is 8.53. The molecule has 27 heavy (non-hydrogen) atoms. The van der Waals surface area contributed by atoms with Gasteiger partial charge in [-0.3, -0.25) is 0 Å². The van der Waals surface area contributed by atoms with Gasteiger partial charge in [0.2, 0.25) is 5.95 Å². The van der Waals surface area contributed by atoms with Crippen molar-refractivity contribution in [2.45, 2.75) is 6.42 Å². The van der Waals surface area contributed by atoms with Crippen LogP contribution in [-0.4, -0.2) is 21.5 Å². The van der Waals surface area contributed by atoms with Crippen molar-refractivity contribution in [3.63, 3.8) is 0 Å². The number of hydrogen-bond acceptors (Lipinski definition) is 4. The van der Waals surface area contributed by atoms with Crippen LogP contribution in [-0.2, 0) is 6.42 Å². The Labute approximate surface area is 154 Å². The Hall–Kier alpha value is -3.48. The molecule has 4 rings (SSSR count). The molecular weight excluding hydrogens is 348 g/mol. The van der Waals surface area contributed by atoms with Crippen molar-refractivity contribution in [3.8, 4) is 0 Å². The molecule has 2 aromatic heterocycles. The normalized spacial score (nSPS) is 10.9. The first kappa shape index (κ1) is 17.0. The van der Waals surface area contributed by atoms with E-state index in [2.05, 4.69) is 31.7 Å². The van der Waals surface area contributed by atoms with Crippen LogP contribution in [0.1, 0.15) is 5.56 Å². The fourth-order valence-corrected chi connectivity index (χ4v) is 2.91. The average Bonchev–Trinajstić information content (AvgIpc) is 3.09. The first-order valence-corrected chi connectivity index (χ1v) is 8.53. The maximum Gasteiger partial charge on any atom is 0.229 e. The number of H-pyrrole nitrogens is 1. The zero-order valence-corrected chi connectivity index (χ0v) is 14.3. The van der Waals surface area contributed by atoms with Gasteiger partial charge in [0.25, 0.3) is 0 Å². The van der Waals surface area contributed by atoms with E-state index in [4.69, 9.17) is 0 Å². The highest BCUT2D eigenvalue weighted by Gasteiger charge is 2.10. The largest absolute Gasteiger partial charge is 0.370 e. The number of hydrogen-bond donors (Lipinski definition) is 3. The van der Waals surface area contributed by atoms with E-state index in [1.807, 2.05) is 24.4 Å². The lowest BCUT2D eigenvalue weighted by atomic mass is 10.1. The summed E-state index contributed by atoms with van der Waals surface area (Å²) in [6.45, 7) is 0.659. The molecule has 0 unspecified atom stereocenters. The summed E-state index contributed by atoms with van der Waals surface area (Å²) in [7, 11) is 0. The van der Waals surface area contributed by atoms with Gasteiger partial charge >= 0.3 is 0 Å². The van der Waals surface area contributed by atoms with Gasteiger partial charge in [-0.25, -0.2) is 13.8 Å².